The lowest BCUT2D eigenvalue weighted by Crippen LogP contribution is -2.42. The second-order valence-corrected chi connectivity index (χ2v) is 4.11. The van der Waals surface area contributed by atoms with E-state index >= 15 is 0 Å². The monoisotopic (exact) mass is 280 g/mol. The van der Waals surface area contributed by atoms with E-state index in [1.54, 1.807) is 18.2 Å². The number of carbonyl (C=O) groups is 2. The van der Waals surface area contributed by atoms with E-state index in [2.05, 4.69) is 10.3 Å². The molecule has 20 heavy (non-hydrogen) atoms. The van der Waals surface area contributed by atoms with E-state index in [0.29, 0.717) is 19.7 Å². The molecule has 0 aromatic carbocycles. The molecular weight excluding hydrogens is 260 g/mol. The van der Waals surface area contributed by atoms with E-state index in [0.717, 1.165) is 5.69 Å². The highest BCUT2D eigenvalue weighted by Crippen LogP contribution is 2.01. The highest BCUT2D eigenvalue weighted by atomic mass is 16.5. The van der Waals surface area contributed by atoms with Crippen LogP contribution in [0.2, 0.25) is 0 Å². The molecule has 0 aliphatic carbocycles. The van der Waals surface area contributed by atoms with Crippen LogP contribution in [0.5, 0.6) is 0 Å². The van der Waals surface area contributed by atoms with E-state index < -0.39 is 0 Å². The largest absolute Gasteiger partial charge is 0.383 e. The molecule has 2 amide bonds. The van der Waals surface area contributed by atoms with Crippen molar-refractivity contribution in [2.24, 2.45) is 5.73 Å². The van der Waals surface area contributed by atoms with Crippen molar-refractivity contribution >= 4 is 11.8 Å². The zero-order valence-electron chi connectivity index (χ0n) is 11.5. The topological polar surface area (TPSA) is 97.5 Å². The lowest BCUT2D eigenvalue weighted by atomic mass is 10.3. The normalized spacial score (nSPS) is 10.1. The summed E-state index contributed by atoms with van der Waals surface area (Å²) in [5.41, 5.74) is 5.95. The summed E-state index contributed by atoms with van der Waals surface area (Å²) in [5.74, 6) is -0.558. The number of hydrogen-bond donors (Lipinski definition) is 2. The van der Waals surface area contributed by atoms with Crippen molar-refractivity contribution in [2.45, 2.75) is 6.54 Å². The molecule has 7 heteroatoms. The van der Waals surface area contributed by atoms with Gasteiger partial charge in [0, 0.05) is 19.9 Å². The van der Waals surface area contributed by atoms with Gasteiger partial charge in [-0.15, -0.1) is 0 Å². The van der Waals surface area contributed by atoms with Gasteiger partial charge >= 0.3 is 0 Å². The van der Waals surface area contributed by atoms with Gasteiger partial charge in [-0.05, 0) is 12.1 Å². The maximum Gasteiger partial charge on any atom is 0.242 e. The molecule has 110 valence electrons. The van der Waals surface area contributed by atoms with E-state index in [9.17, 15) is 9.59 Å². The van der Waals surface area contributed by atoms with E-state index in [1.165, 1.54) is 0 Å². The van der Waals surface area contributed by atoms with Crippen molar-refractivity contribution in [2.75, 3.05) is 33.4 Å². The van der Waals surface area contributed by atoms with Crippen LogP contribution in [0.25, 0.3) is 0 Å². The van der Waals surface area contributed by atoms with Crippen molar-refractivity contribution in [1.29, 1.82) is 0 Å². The Balaban J connectivity index is 2.58. The van der Waals surface area contributed by atoms with Gasteiger partial charge in [-0.3, -0.25) is 14.6 Å². The van der Waals surface area contributed by atoms with Gasteiger partial charge in [0.05, 0.1) is 31.9 Å². The Hall–Kier alpha value is -1.99. The van der Waals surface area contributed by atoms with Crippen LogP contribution < -0.4 is 11.1 Å². The Bertz CT molecular complexity index is 425. The zero-order valence-corrected chi connectivity index (χ0v) is 11.5. The Morgan fingerprint density at radius 2 is 2.25 bits per heavy atom. The summed E-state index contributed by atoms with van der Waals surface area (Å²) in [6.45, 7) is 1.02. The van der Waals surface area contributed by atoms with Crippen LogP contribution in [0.4, 0.5) is 0 Å². The third-order valence-electron chi connectivity index (χ3n) is 2.62. The molecule has 0 unspecified atom stereocenters. The number of ether oxygens (including phenoxy) is 1. The quantitative estimate of drug-likeness (QED) is 0.645. The number of nitrogens with zero attached hydrogens (tertiary/aromatic N) is 2. The predicted molar refractivity (Wildman–Crippen MR) is 73.6 cm³/mol. The van der Waals surface area contributed by atoms with Crippen LogP contribution in [0.3, 0.4) is 0 Å². The predicted octanol–water partition coefficient (Wildman–Crippen LogP) is -0.868. The van der Waals surface area contributed by atoms with Crippen LogP contribution in [0, 0.1) is 0 Å². The van der Waals surface area contributed by atoms with Crippen LogP contribution in [-0.2, 0) is 20.9 Å². The highest BCUT2D eigenvalue weighted by Gasteiger charge is 2.14. The molecular formula is C13H20N4O3. The second-order valence-electron chi connectivity index (χ2n) is 4.11. The van der Waals surface area contributed by atoms with E-state index in [-0.39, 0.29) is 24.9 Å². The molecule has 7 nitrogen and oxygen atoms in total. The Morgan fingerprint density at radius 3 is 2.85 bits per heavy atom. The first-order valence-electron chi connectivity index (χ1n) is 6.30. The minimum atomic E-state index is -0.358. The average Bonchev–Trinajstić information content (AvgIpc) is 2.49. The molecule has 1 aromatic heterocycles. The fourth-order valence-corrected chi connectivity index (χ4v) is 1.54. The van der Waals surface area contributed by atoms with Crippen LogP contribution in [-0.4, -0.2) is 55.0 Å². The van der Waals surface area contributed by atoms with Gasteiger partial charge in [0.15, 0.2) is 0 Å². The lowest BCUT2D eigenvalue weighted by Gasteiger charge is -2.22. The zero-order chi connectivity index (χ0) is 14.8. The molecule has 0 spiro atoms. The molecule has 0 aliphatic rings. The maximum absolute atomic E-state index is 12.1. The lowest BCUT2D eigenvalue weighted by molar-refractivity contribution is -0.133. The van der Waals surface area contributed by atoms with Gasteiger partial charge in [0.2, 0.25) is 11.8 Å². The number of nitrogens with one attached hydrogen (secondary N) is 1. The smallest absolute Gasteiger partial charge is 0.242 e. The fraction of sp³-hybridized carbons (Fsp3) is 0.462. The molecule has 0 saturated carbocycles. The summed E-state index contributed by atoms with van der Waals surface area (Å²) in [5, 5.41) is 2.46. The molecule has 0 radical (unpaired) electrons. The number of pyridine rings is 1. The summed E-state index contributed by atoms with van der Waals surface area (Å²) in [6, 6.07) is 5.51. The molecule has 0 fully saturated rings. The van der Waals surface area contributed by atoms with E-state index in [1.807, 2.05) is 18.2 Å². The number of nitrogens with two attached hydrogens (primary N) is 1. The van der Waals surface area contributed by atoms with E-state index in [4.69, 9.17) is 10.5 Å². The average molecular weight is 280 g/mol. The molecule has 0 bridgehead atoms. The number of carbonyl (C=O) groups excluding carboxylic acids is 2. The summed E-state index contributed by atoms with van der Waals surface area (Å²) < 4.78 is 4.99. The van der Waals surface area contributed by atoms with Crippen molar-refractivity contribution < 1.29 is 14.3 Å². The Kier molecular flexibility index (Phi) is 7.23. The highest BCUT2D eigenvalue weighted by molar-refractivity contribution is 5.85. The SMILES string of the molecule is COCCN(Cc1ccccn1)C(=O)CNC(=O)CN. The van der Waals surface area contributed by atoms with Gasteiger partial charge in [-0.25, -0.2) is 0 Å². The van der Waals surface area contributed by atoms with Crippen molar-refractivity contribution in [3.63, 3.8) is 0 Å². The first-order valence-corrected chi connectivity index (χ1v) is 6.30. The molecule has 0 aliphatic heterocycles. The molecule has 0 atom stereocenters. The van der Waals surface area contributed by atoms with Crippen LogP contribution in [0.15, 0.2) is 24.4 Å². The standard InChI is InChI=1S/C13H20N4O3/c1-20-7-6-17(10-11-4-2-3-5-15-11)13(19)9-16-12(18)8-14/h2-5H,6-10,14H2,1H3,(H,16,18). The summed E-state index contributed by atoms with van der Waals surface area (Å²) in [4.78, 5) is 28.9. The number of amides is 2. The minimum Gasteiger partial charge on any atom is -0.383 e. The first-order chi connectivity index (χ1) is 9.67. The third kappa shape index (κ3) is 5.77. The van der Waals surface area contributed by atoms with Crippen LogP contribution in [0.1, 0.15) is 5.69 Å². The van der Waals surface area contributed by atoms with Gasteiger partial charge in [-0.2, -0.15) is 0 Å². The van der Waals surface area contributed by atoms with Crippen LogP contribution >= 0.6 is 0 Å². The Morgan fingerprint density at radius 1 is 1.45 bits per heavy atom. The van der Waals surface area contributed by atoms with Gasteiger partial charge in [0.25, 0.3) is 0 Å². The number of hydrogen-bond acceptors (Lipinski definition) is 5. The summed E-state index contributed by atoms with van der Waals surface area (Å²) in [7, 11) is 1.57. The van der Waals surface area contributed by atoms with Gasteiger partial charge < -0.3 is 20.7 Å². The minimum absolute atomic E-state index is 0.0768. The van der Waals surface area contributed by atoms with Crippen molar-refractivity contribution in [3.05, 3.63) is 30.1 Å². The van der Waals surface area contributed by atoms with Gasteiger partial charge in [0.1, 0.15) is 0 Å². The first kappa shape index (κ1) is 16.1. The molecule has 1 rings (SSSR count). The fourth-order valence-electron chi connectivity index (χ4n) is 1.54. The second kappa shape index (κ2) is 9.00. The maximum atomic E-state index is 12.1. The number of methoxy groups -OCH3 is 1. The summed E-state index contributed by atoms with van der Waals surface area (Å²) in [6.07, 6.45) is 1.67. The summed E-state index contributed by atoms with van der Waals surface area (Å²) >= 11 is 0. The van der Waals surface area contributed by atoms with Crippen molar-refractivity contribution in [3.8, 4) is 0 Å². The Labute approximate surface area is 118 Å². The molecule has 1 heterocycles. The number of rotatable bonds is 8. The molecule has 3 N–H and O–H groups in total. The third-order valence-corrected chi connectivity index (χ3v) is 2.62. The van der Waals surface area contributed by atoms with Crippen molar-refractivity contribution in [1.82, 2.24) is 15.2 Å². The van der Waals surface area contributed by atoms with Gasteiger partial charge in [-0.1, -0.05) is 6.07 Å². The molecule has 0 saturated heterocycles. The molecule has 1 aromatic rings. The number of aromatic nitrogens is 1.